The summed E-state index contributed by atoms with van der Waals surface area (Å²) in [6.07, 6.45) is 0. The maximum Gasteiger partial charge on any atom is 0.140 e. The number of hydrogen-bond donors (Lipinski definition) is 3. The van der Waals surface area contributed by atoms with Gasteiger partial charge in [0.05, 0.1) is 17.1 Å². The van der Waals surface area contributed by atoms with Gasteiger partial charge in [0.2, 0.25) is 0 Å². The van der Waals surface area contributed by atoms with Gasteiger partial charge in [-0.05, 0) is 26.0 Å². The Morgan fingerprint density at radius 1 is 1.14 bits per heavy atom. The van der Waals surface area contributed by atoms with Gasteiger partial charge in [0.15, 0.2) is 0 Å². The molecular weight excluding hydrogens is 178 g/mol. The van der Waals surface area contributed by atoms with Crippen LogP contribution < -0.4 is 16.4 Å². The molecule has 0 atom stereocenters. The normalized spacial score (nSPS) is 10.1. The molecule has 1 rings (SSSR count). The van der Waals surface area contributed by atoms with Crippen molar-refractivity contribution in [3.8, 4) is 5.75 Å². The molecule has 0 saturated carbocycles. The highest BCUT2D eigenvalue weighted by molar-refractivity contribution is 5.83. The van der Waals surface area contributed by atoms with E-state index in [0.717, 1.165) is 18.8 Å². The van der Waals surface area contributed by atoms with Crippen LogP contribution in [0, 0.1) is 0 Å². The van der Waals surface area contributed by atoms with Gasteiger partial charge in [-0.1, -0.05) is 0 Å². The Kier molecular flexibility index (Phi) is 3.06. The minimum Gasteiger partial charge on any atom is -0.506 e. The molecule has 0 spiro atoms. The zero-order chi connectivity index (χ0) is 10.7. The maximum atomic E-state index is 9.33. The number of nitrogen functional groups attached to an aromatic ring is 2. The molecule has 0 unspecified atom stereocenters. The first-order chi connectivity index (χ1) is 6.61. The van der Waals surface area contributed by atoms with Gasteiger partial charge < -0.3 is 21.5 Å². The Labute approximate surface area is 84.1 Å². The second kappa shape index (κ2) is 4.09. The lowest BCUT2D eigenvalue weighted by atomic mass is 10.2. The molecule has 0 aromatic heterocycles. The number of nitrogens with two attached hydrogens (primary N) is 2. The fraction of sp³-hybridized carbons (Fsp3) is 0.400. The summed E-state index contributed by atoms with van der Waals surface area (Å²) in [7, 11) is 0. The Bertz CT molecular complexity index is 321. The van der Waals surface area contributed by atoms with Crippen molar-refractivity contribution in [1.29, 1.82) is 0 Å². The van der Waals surface area contributed by atoms with Gasteiger partial charge in [-0.2, -0.15) is 0 Å². The molecule has 78 valence electrons. The van der Waals surface area contributed by atoms with E-state index in [9.17, 15) is 5.11 Å². The van der Waals surface area contributed by atoms with Crippen molar-refractivity contribution in [3.63, 3.8) is 0 Å². The van der Waals surface area contributed by atoms with E-state index in [4.69, 9.17) is 11.5 Å². The van der Waals surface area contributed by atoms with Crippen molar-refractivity contribution < 1.29 is 5.11 Å². The fourth-order valence-corrected chi connectivity index (χ4v) is 1.45. The molecule has 0 saturated heterocycles. The van der Waals surface area contributed by atoms with Crippen LogP contribution in [-0.4, -0.2) is 18.2 Å². The molecule has 1 aromatic carbocycles. The highest BCUT2D eigenvalue weighted by Crippen LogP contribution is 2.34. The zero-order valence-electron chi connectivity index (χ0n) is 8.62. The number of benzene rings is 1. The summed E-state index contributed by atoms with van der Waals surface area (Å²) >= 11 is 0. The van der Waals surface area contributed by atoms with E-state index in [1.165, 1.54) is 0 Å². The van der Waals surface area contributed by atoms with Crippen LogP contribution in [0.1, 0.15) is 13.8 Å². The predicted octanol–water partition coefficient (Wildman–Crippen LogP) is 1.40. The zero-order valence-corrected chi connectivity index (χ0v) is 8.62. The van der Waals surface area contributed by atoms with Gasteiger partial charge in [0.25, 0.3) is 0 Å². The number of anilines is 3. The lowest BCUT2D eigenvalue weighted by Gasteiger charge is -2.23. The Morgan fingerprint density at radius 2 is 1.71 bits per heavy atom. The monoisotopic (exact) mass is 195 g/mol. The number of rotatable bonds is 3. The highest BCUT2D eigenvalue weighted by atomic mass is 16.3. The Hall–Kier alpha value is -1.58. The molecule has 5 N–H and O–H groups in total. The van der Waals surface area contributed by atoms with E-state index >= 15 is 0 Å². The molecule has 4 nitrogen and oxygen atoms in total. The van der Waals surface area contributed by atoms with Crippen LogP contribution in [0.2, 0.25) is 0 Å². The predicted molar refractivity (Wildman–Crippen MR) is 60.5 cm³/mol. The Balaban J connectivity index is 3.16. The molecule has 0 amide bonds. The van der Waals surface area contributed by atoms with E-state index in [0.29, 0.717) is 5.69 Å². The first kappa shape index (κ1) is 10.5. The van der Waals surface area contributed by atoms with Gasteiger partial charge in [-0.25, -0.2) is 0 Å². The van der Waals surface area contributed by atoms with Crippen molar-refractivity contribution in [2.24, 2.45) is 0 Å². The summed E-state index contributed by atoms with van der Waals surface area (Å²) < 4.78 is 0. The van der Waals surface area contributed by atoms with Crippen molar-refractivity contribution >= 4 is 17.1 Å². The molecule has 0 radical (unpaired) electrons. The van der Waals surface area contributed by atoms with Crippen LogP contribution in [0.15, 0.2) is 12.1 Å². The van der Waals surface area contributed by atoms with Gasteiger partial charge in [-0.3, -0.25) is 0 Å². The van der Waals surface area contributed by atoms with Crippen molar-refractivity contribution in [2.75, 3.05) is 29.5 Å². The highest BCUT2D eigenvalue weighted by Gasteiger charge is 2.10. The summed E-state index contributed by atoms with van der Waals surface area (Å²) in [4.78, 5) is 2.09. The van der Waals surface area contributed by atoms with Gasteiger partial charge >= 0.3 is 0 Å². The van der Waals surface area contributed by atoms with Gasteiger partial charge in [0, 0.05) is 13.1 Å². The summed E-state index contributed by atoms with van der Waals surface area (Å²) in [5, 5.41) is 9.33. The van der Waals surface area contributed by atoms with Crippen LogP contribution in [-0.2, 0) is 0 Å². The number of aromatic hydroxyl groups is 1. The van der Waals surface area contributed by atoms with Crippen LogP contribution in [0.4, 0.5) is 17.1 Å². The van der Waals surface area contributed by atoms with Crippen LogP contribution >= 0.6 is 0 Å². The summed E-state index contributed by atoms with van der Waals surface area (Å²) in [5.74, 6) is 0.0402. The largest absolute Gasteiger partial charge is 0.506 e. The van der Waals surface area contributed by atoms with E-state index in [1.54, 1.807) is 12.1 Å². The second-order valence-electron chi connectivity index (χ2n) is 3.10. The number of nitrogens with zero attached hydrogens (tertiary/aromatic N) is 1. The number of phenols is 1. The Morgan fingerprint density at radius 3 is 2.21 bits per heavy atom. The third-order valence-electron chi connectivity index (χ3n) is 2.35. The van der Waals surface area contributed by atoms with Crippen LogP contribution in [0.5, 0.6) is 5.75 Å². The van der Waals surface area contributed by atoms with E-state index in [-0.39, 0.29) is 11.4 Å². The summed E-state index contributed by atoms with van der Waals surface area (Å²) in [6, 6.07) is 3.35. The lowest BCUT2D eigenvalue weighted by molar-refractivity contribution is 0.478. The molecule has 0 aliphatic rings. The molecule has 0 heterocycles. The summed E-state index contributed by atoms with van der Waals surface area (Å²) in [5.41, 5.74) is 13.0. The molecule has 0 bridgehead atoms. The van der Waals surface area contributed by atoms with Crippen molar-refractivity contribution in [1.82, 2.24) is 0 Å². The molecule has 0 fully saturated rings. The standard InChI is InChI=1S/C10H17N3O/c1-3-13(4-2)7-5-6-8(14)10(12)9(7)11/h5-6,14H,3-4,11-12H2,1-2H3. The van der Waals surface area contributed by atoms with Gasteiger partial charge in [-0.15, -0.1) is 0 Å². The van der Waals surface area contributed by atoms with Crippen LogP contribution in [0.3, 0.4) is 0 Å². The van der Waals surface area contributed by atoms with Crippen molar-refractivity contribution in [2.45, 2.75) is 13.8 Å². The van der Waals surface area contributed by atoms with E-state index in [2.05, 4.69) is 4.90 Å². The minimum absolute atomic E-state index is 0.0402. The molecule has 0 aliphatic heterocycles. The lowest BCUT2D eigenvalue weighted by Crippen LogP contribution is -2.23. The smallest absolute Gasteiger partial charge is 0.140 e. The second-order valence-corrected chi connectivity index (χ2v) is 3.10. The molecular formula is C10H17N3O. The SMILES string of the molecule is CCN(CC)c1ccc(O)c(N)c1N. The molecule has 0 aliphatic carbocycles. The molecule has 4 heteroatoms. The quantitative estimate of drug-likeness (QED) is 0.503. The van der Waals surface area contributed by atoms with Gasteiger partial charge in [0.1, 0.15) is 5.75 Å². The third-order valence-corrected chi connectivity index (χ3v) is 2.35. The maximum absolute atomic E-state index is 9.33. The number of hydrogen-bond acceptors (Lipinski definition) is 4. The van der Waals surface area contributed by atoms with E-state index < -0.39 is 0 Å². The molecule has 14 heavy (non-hydrogen) atoms. The van der Waals surface area contributed by atoms with E-state index in [1.807, 2.05) is 13.8 Å². The average Bonchev–Trinajstić information content (AvgIpc) is 2.19. The number of phenolic OH excluding ortho intramolecular Hbond substituents is 1. The minimum atomic E-state index is 0.0402. The first-order valence-corrected chi connectivity index (χ1v) is 4.73. The fourth-order valence-electron chi connectivity index (χ4n) is 1.45. The molecule has 1 aromatic rings. The summed E-state index contributed by atoms with van der Waals surface area (Å²) in [6.45, 7) is 5.83. The first-order valence-electron chi connectivity index (χ1n) is 4.73. The van der Waals surface area contributed by atoms with Crippen LogP contribution in [0.25, 0.3) is 0 Å². The average molecular weight is 195 g/mol. The van der Waals surface area contributed by atoms with Crippen molar-refractivity contribution in [3.05, 3.63) is 12.1 Å². The topological polar surface area (TPSA) is 75.5 Å². The third kappa shape index (κ3) is 1.69.